The number of para-hydroxylation sites is 2. The number of aryl methyl sites for hydroxylation is 1. The van der Waals surface area contributed by atoms with E-state index in [0.29, 0.717) is 22.7 Å². The second-order valence-corrected chi connectivity index (χ2v) is 4.25. The molecule has 6 nitrogen and oxygen atoms in total. The third-order valence-electron chi connectivity index (χ3n) is 3.00. The molecule has 0 fully saturated rings. The largest absolute Gasteiger partial charge is 0.361 e. The second-order valence-electron chi connectivity index (χ2n) is 4.25. The first kappa shape index (κ1) is 11.5. The third-order valence-corrected chi connectivity index (χ3v) is 3.00. The number of amides is 2. The standard InChI is InChI=1S/C13H11N3O3/c1-8-9(6-14-19-8)13(18)16-7-12(17)15-10-4-2-3-5-11(10)16/h2-6H,7H2,1H3,(H,15,17). The zero-order valence-electron chi connectivity index (χ0n) is 10.2. The molecule has 1 aromatic heterocycles. The van der Waals surface area contributed by atoms with Crippen LogP contribution in [0, 0.1) is 6.92 Å². The SMILES string of the molecule is Cc1oncc1C(=O)N1CC(=O)Nc2ccccc21. The maximum absolute atomic E-state index is 12.4. The fourth-order valence-corrected chi connectivity index (χ4v) is 2.06. The molecule has 1 N–H and O–H groups in total. The zero-order chi connectivity index (χ0) is 13.4. The summed E-state index contributed by atoms with van der Waals surface area (Å²) in [6, 6.07) is 7.16. The first-order valence-corrected chi connectivity index (χ1v) is 5.79. The van der Waals surface area contributed by atoms with Crippen LogP contribution in [-0.4, -0.2) is 23.5 Å². The molecule has 2 aromatic rings. The van der Waals surface area contributed by atoms with Gasteiger partial charge >= 0.3 is 0 Å². The van der Waals surface area contributed by atoms with E-state index >= 15 is 0 Å². The van der Waals surface area contributed by atoms with Gasteiger partial charge in [0.15, 0.2) is 0 Å². The minimum atomic E-state index is -0.291. The van der Waals surface area contributed by atoms with Crippen LogP contribution in [0.5, 0.6) is 0 Å². The van der Waals surface area contributed by atoms with Crippen LogP contribution in [0.4, 0.5) is 11.4 Å². The molecule has 0 saturated carbocycles. The number of nitrogens with zero attached hydrogens (tertiary/aromatic N) is 2. The zero-order valence-corrected chi connectivity index (χ0v) is 10.2. The smallest absolute Gasteiger partial charge is 0.264 e. The van der Waals surface area contributed by atoms with Crippen LogP contribution in [0.25, 0.3) is 0 Å². The van der Waals surface area contributed by atoms with Gasteiger partial charge in [-0.2, -0.15) is 0 Å². The van der Waals surface area contributed by atoms with Crippen molar-refractivity contribution in [3.63, 3.8) is 0 Å². The van der Waals surface area contributed by atoms with Gasteiger partial charge in [-0.15, -0.1) is 0 Å². The van der Waals surface area contributed by atoms with E-state index in [1.54, 1.807) is 25.1 Å². The molecule has 2 amide bonds. The van der Waals surface area contributed by atoms with E-state index in [1.165, 1.54) is 11.1 Å². The van der Waals surface area contributed by atoms with Gasteiger partial charge in [-0.05, 0) is 19.1 Å². The van der Waals surface area contributed by atoms with E-state index in [4.69, 9.17) is 4.52 Å². The summed E-state index contributed by atoms with van der Waals surface area (Å²) in [6.07, 6.45) is 1.37. The van der Waals surface area contributed by atoms with Gasteiger partial charge in [0, 0.05) is 0 Å². The fourth-order valence-electron chi connectivity index (χ4n) is 2.06. The van der Waals surface area contributed by atoms with Crippen LogP contribution in [0.1, 0.15) is 16.1 Å². The summed E-state index contributed by atoms with van der Waals surface area (Å²) in [4.78, 5) is 25.5. The summed E-state index contributed by atoms with van der Waals surface area (Å²) >= 11 is 0. The molecule has 6 heteroatoms. The molecule has 0 aliphatic carbocycles. The maximum Gasteiger partial charge on any atom is 0.264 e. The fraction of sp³-hybridized carbons (Fsp3) is 0.154. The highest BCUT2D eigenvalue weighted by Gasteiger charge is 2.29. The number of anilines is 2. The number of carbonyl (C=O) groups is 2. The number of benzene rings is 1. The Labute approximate surface area is 109 Å². The Bertz CT molecular complexity index is 663. The molecule has 3 rings (SSSR count). The number of rotatable bonds is 1. The molecule has 0 radical (unpaired) electrons. The predicted molar refractivity (Wildman–Crippen MR) is 68.0 cm³/mol. The van der Waals surface area contributed by atoms with Gasteiger partial charge in [0.2, 0.25) is 5.91 Å². The number of nitrogens with one attached hydrogen (secondary N) is 1. The Kier molecular flexibility index (Phi) is 2.56. The van der Waals surface area contributed by atoms with E-state index in [1.807, 2.05) is 6.07 Å². The van der Waals surface area contributed by atoms with Crippen molar-refractivity contribution in [3.05, 3.63) is 41.8 Å². The minimum Gasteiger partial charge on any atom is -0.361 e. The van der Waals surface area contributed by atoms with Crippen molar-refractivity contribution in [2.75, 3.05) is 16.8 Å². The van der Waals surface area contributed by atoms with Crippen molar-refractivity contribution in [2.24, 2.45) is 0 Å². The van der Waals surface area contributed by atoms with Crippen molar-refractivity contribution < 1.29 is 14.1 Å². The summed E-state index contributed by atoms with van der Waals surface area (Å²) in [6.45, 7) is 1.65. The molecular weight excluding hydrogens is 246 g/mol. The molecule has 0 spiro atoms. The summed E-state index contributed by atoms with van der Waals surface area (Å²) in [5.74, 6) is -0.0735. The lowest BCUT2D eigenvalue weighted by Gasteiger charge is -2.28. The molecule has 0 atom stereocenters. The van der Waals surface area contributed by atoms with Crippen LogP contribution in [0.2, 0.25) is 0 Å². The van der Waals surface area contributed by atoms with E-state index in [-0.39, 0.29) is 18.4 Å². The van der Waals surface area contributed by atoms with Crippen molar-refractivity contribution >= 4 is 23.2 Å². The molecule has 0 unspecified atom stereocenters. The summed E-state index contributed by atoms with van der Waals surface area (Å²) < 4.78 is 4.89. The number of aromatic nitrogens is 1. The topological polar surface area (TPSA) is 75.4 Å². The van der Waals surface area contributed by atoms with Gasteiger partial charge < -0.3 is 9.84 Å². The average Bonchev–Trinajstić information content (AvgIpc) is 2.83. The average molecular weight is 257 g/mol. The Morgan fingerprint density at radius 2 is 2.21 bits per heavy atom. The molecular formula is C13H11N3O3. The normalized spacial score (nSPS) is 13.9. The van der Waals surface area contributed by atoms with Crippen LogP contribution < -0.4 is 10.2 Å². The number of hydrogen-bond acceptors (Lipinski definition) is 4. The quantitative estimate of drug-likeness (QED) is 0.841. The lowest BCUT2D eigenvalue weighted by atomic mass is 10.1. The lowest BCUT2D eigenvalue weighted by molar-refractivity contribution is -0.115. The lowest BCUT2D eigenvalue weighted by Crippen LogP contribution is -2.42. The molecule has 96 valence electrons. The van der Waals surface area contributed by atoms with Crippen molar-refractivity contribution in [1.29, 1.82) is 0 Å². The highest BCUT2D eigenvalue weighted by Crippen LogP contribution is 2.30. The molecule has 1 aromatic carbocycles. The highest BCUT2D eigenvalue weighted by molar-refractivity contribution is 6.15. The van der Waals surface area contributed by atoms with Gasteiger partial charge in [-0.25, -0.2) is 0 Å². The first-order chi connectivity index (χ1) is 9.16. The number of fused-ring (bicyclic) bond motifs is 1. The van der Waals surface area contributed by atoms with Crippen LogP contribution >= 0.6 is 0 Å². The van der Waals surface area contributed by atoms with Crippen molar-refractivity contribution in [1.82, 2.24) is 5.16 Å². The Hall–Kier alpha value is -2.63. The predicted octanol–water partition coefficient (Wildman–Crippen LogP) is 1.58. The summed E-state index contributed by atoms with van der Waals surface area (Å²) in [5.41, 5.74) is 1.67. The van der Waals surface area contributed by atoms with Gasteiger partial charge in [-0.1, -0.05) is 17.3 Å². The molecule has 0 bridgehead atoms. The summed E-state index contributed by atoms with van der Waals surface area (Å²) in [5, 5.41) is 6.32. The van der Waals surface area contributed by atoms with E-state index < -0.39 is 0 Å². The van der Waals surface area contributed by atoms with E-state index in [2.05, 4.69) is 10.5 Å². The monoisotopic (exact) mass is 257 g/mol. The Morgan fingerprint density at radius 1 is 1.42 bits per heavy atom. The summed E-state index contributed by atoms with van der Waals surface area (Å²) in [7, 11) is 0. The van der Waals surface area contributed by atoms with Crippen LogP contribution in [0.3, 0.4) is 0 Å². The van der Waals surface area contributed by atoms with Gasteiger partial charge in [-0.3, -0.25) is 14.5 Å². The van der Waals surface area contributed by atoms with Crippen molar-refractivity contribution in [3.8, 4) is 0 Å². The number of carbonyl (C=O) groups excluding carboxylic acids is 2. The number of hydrogen-bond donors (Lipinski definition) is 1. The highest BCUT2D eigenvalue weighted by atomic mass is 16.5. The van der Waals surface area contributed by atoms with E-state index in [0.717, 1.165) is 0 Å². The Balaban J connectivity index is 2.04. The molecule has 1 aliphatic heterocycles. The Morgan fingerprint density at radius 3 is 2.95 bits per heavy atom. The maximum atomic E-state index is 12.4. The molecule has 1 aliphatic rings. The second kappa shape index (κ2) is 4.24. The molecule has 19 heavy (non-hydrogen) atoms. The third kappa shape index (κ3) is 1.87. The van der Waals surface area contributed by atoms with Crippen molar-refractivity contribution in [2.45, 2.75) is 6.92 Å². The van der Waals surface area contributed by atoms with Crippen LogP contribution in [0.15, 0.2) is 35.0 Å². The van der Waals surface area contributed by atoms with Gasteiger partial charge in [0.25, 0.3) is 5.91 Å². The van der Waals surface area contributed by atoms with Gasteiger partial charge in [0.05, 0.1) is 17.6 Å². The van der Waals surface area contributed by atoms with Gasteiger partial charge in [0.1, 0.15) is 17.9 Å². The first-order valence-electron chi connectivity index (χ1n) is 5.79. The molecule has 2 heterocycles. The molecule has 0 saturated heterocycles. The van der Waals surface area contributed by atoms with Crippen LogP contribution in [-0.2, 0) is 4.79 Å². The minimum absolute atomic E-state index is 0.0134. The van der Waals surface area contributed by atoms with E-state index in [9.17, 15) is 9.59 Å².